The van der Waals surface area contributed by atoms with E-state index in [-0.39, 0.29) is 5.60 Å². The summed E-state index contributed by atoms with van der Waals surface area (Å²) in [4.78, 5) is 4.99. The quantitative estimate of drug-likeness (QED) is 0.800. The van der Waals surface area contributed by atoms with Gasteiger partial charge in [0.25, 0.3) is 0 Å². The molecule has 30 heavy (non-hydrogen) atoms. The predicted molar refractivity (Wildman–Crippen MR) is 123 cm³/mol. The van der Waals surface area contributed by atoms with Crippen LogP contribution in [0.3, 0.4) is 0 Å². The molecule has 5 rings (SSSR count). The van der Waals surface area contributed by atoms with Gasteiger partial charge < -0.3 is 19.9 Å². The van der Waals surface area contributed by atoms with Crippen molar-refractivity contribution in [1.82, 2.24) is 10.2 Å². The fourth-order valence-corrected chi connectivity index (χ4v) is 5.44. The number of nitrogens with zero attached hydrogens (tertiary/aromatic N) is 2. The van der Waals surface area contributed by atoms with E-state index >= 15 is 0 Å². The van der Waals surface area contributed by atoms with Crippen LogP contribution in [0.25, 0.3) is 0 Å². The zero-order valence-corrected chi connectivity index (χ0v) is 18.5. The first-order chi connectivity index (χ1) is 14.6. The molecular formula is C26H35N3O. The number of benzene rings is 2. The highest BCUT2D eigenvalue weighted by Crippen LogP contribution is 2.44. The minimum absolute atomic E-state index is 0.0242. The number of ether oxygens (including phenoxy) is 1. The molecule has 0 bridgehead atoms. The number of hydrogen-bond donors (Lipinski definition) is 1. The second kappa shape index (κ2) is 8.24. The van der Waals surface area contributed by atoms with Crippen molar-refractivity contribution in [2.75, 3.05) is 38.1 Å². The van der Waals surface area contributed by atoms with Crippen LogP contribution >= 0.6 is 0 Å². The van der Waals surface area contributed by atoms with Gasteiger partial charge in [-0.3, -0.25) is 0 Å². The van der Waals surface area contributed by atoms with Gasteiger partial charge in [-0.1, -0.05) is 30.3 Å². The van der Waals surface area contributed by atoms with E-state index in [1.165, 1.54) is 48.3 Å². The highest BCUT2D eigenvalue weighted by molar-refractivity contribution is 5.56. The maximum Gasteiger partial charge on any atom is 0.124 e. The first kappa shape index (κ1) is 19.9. The number of hydrogen-bond acceptors (Lipinski definition) is 4. The molecular weight excluding hydrogens is 370 g/mol. The summed E-state index contributed by atoms with van der Waals surface area (Å²) in [5.41, 5.74) is 5.49. The highest BCUT2D eigenvalue weighted by atomic mass is 16.5. The second-order valence-electron chi connectivity index (χ2n) is 9.59. The standard InChI is InChI=1S/C26H35N3O/c1-20-9-10-21(24(17-20)29-13-5-6-14-29)19-27-23-18-26(11-15-28(2)16-12-26)30-25-8-4-3-7-22(23)25/h3-4,7-10,17,23,27H,5-6,11-16,18-19H2,1-2H3. The number of likely N-dealkylation sites (tertiary alicyclic amines) is 1. The van der Waals surface area contributed by atoms with Gasteiger partial charge in [-0.15, -0.1) is 0 Å². The Labute approximate surface area is 181 Å². The summed E-state index contributed by atoms with van der Waals surface area (Å²) >= 11 is 0. The van der Waals surface area contributed by atoms with E-state index in [0.717, 1.165) is 44.6 Å². The van der Waals surface area contributed by atoms with Crippen LogP contribution in [0.2, 0.25) is 0 Å². The molecule has 0 aliphatic carbocycles. The second-order valence-corrected chi connectivity index (χ2v) is 9.59. The molecule has 4 heteroatoms. The summed E-state index contributed by atoms with van der Waals surface area (Å²) in [6.45, 7) is 7.72. The van der Waals surface area contributed by atoms with Gasteiger partial charge in [0, 0.05) is 56.4 Å². The fourth-order valence-electron chi connectivity index (χ4n) is 5.44. The molecule has 3 aliphatic heterocycles. The van der Waals surface area contributed by atoms with Crippen LogP contribution in [0.4, 0.5) is 5.69 Å². The lowest BCUT2D eigenvalue weighted by atomic mass is 9.80. The van der Waals surface area contributed by atoms with Crippen molar-refractivity contribution in [3.05, 3.63) is 59.2 Å². The van der Waals surface area contributed by atoms with Gasteiger partial charge in [0.2, 0.25) is 0 Å². The Hall–Kier alpha value is -2.04. The summed E-state index contributed by atoms with van der Waals surface area (Å²) in [7, 11) is 2.22. The minimum Gasteiger partial charge on any atom is -0.487 e. The average Bonchev–Trinajstić information content (AvgIpc) is 3.30. The van der Waals surface area contributed by atoms with Crippen LogP contribution < -0.4 is 15.0 Å². The zero-order chi connectivity index (χ0) is 20.6. The molecule has 0 amide bonds. The monoisotopic (exact) mass is 405 g/mol. The summed E-state index contributed by atoms with van der Waals surface area (Å²) < 4.78 is 6.64. The Kier molecular flexibility index (Phi) is 5.46. The summed E-state index contributed by atoms with van der Waals surface area (Å²) in [5.74, 6) is 1.08. The van der Waals surface area contributed by atoms with Crippen molar-refractivity contribution >= 4 is 5.69 Å². The van der Waals surface area contributed by atoms with Crippen LogP contribution in [0.15, 0.2) is 42.5 Å². The van der Waals surface area contributed by atoms with Crippen molar-refractivity contribution in [2.45, 2.75) is 57.2 Å². The number of fused-ring (bicyclic) bond motifs is 1. The number of piperidine rings is 1. The van der Waals surface area contributed by atoms with Gasteiger partial charge in [-0.05, 0) is 62.9 Å². The van der Waals surface area contributed by atoms with Crippen molar-refractivity contribution in [3.8, 4) is 5.75 Å². The maximum atomic E-state index is 6.64. The topological polar surface area (TPSA) is 27.7 Å². The van der Waals surface area contributed by atoms with Crippen molar-refractivity contribution in [2.24, 2.45) is 0 Å². The third-order valence-corrected chi connectivity index (χ3v) is 7.32. The minimum atomic E-state index is -0.0242. The van der Waals surface area contributed by atoms with E-state index in [2.05, 4.69) is 71.6 Å². The Balaban J connectivity index is 1.38. The lowest BCUT2D eigenvalue weighted by Crippen LogP contribution is -2.51. The Bertz CT molecular complexity index is 882. The van der Waals surface area contributed by atoms with Crippen molar-refractivity contribution < 1.29 is 4.74 Å². The summed E-state index contributed by atoms with van der Waals surface area (Å²) in [6, 6.07) is 15.9. The van der Waals surface area contributed by atoms with Gasteiger partial charge in [0.05, 0.1) is 0 Å². The van der Waals surface area contributed by atoms with E-state index in [4.69, 9.17) is 4.74 Å². The Morgan fingerprint density at radius 2 is 1.80 bits per heavy atom. The molecule has 1 N–H and O–H groups in total. The lowest BCUT2D eigenvalue weighted by Gasteiger charge is -2.46. The molecule has 2 saturated heterocycles. The van der Waals surface area contributed by atoms with Crippen molar-refractivity contribution in [1.29, 1.82) is 0 Å². The van der Waals surface area contributed by atoms with E-state index in [1.54, 1.807) is 0 Å². The molecule has 2 fully saturated rings. The molecule has 3 aliphatic rings. The highest BCUT2D eigenvalue weighted by Gasteiger charge is 2.42. The summed E-state index contributed by atoms with van der Waals surface area (Å²) in [5, 5.41) is 3.94. The van der Waals surface area contributed by atoms with Crippen LogP contribution in [-0.2, 0) is 6.54 Å². The van der Waals surface area contributed by atoms with Crippen LogP contribution in [0, 0.1) is 6.92 Å². The van der Waals surface area contributed by atoms with E-state index in [9.17, 15) is 0 Å². The molecule has 1 spiro atoms. The molecule has 2 aromatic carbocycles. The van der Waals surface area contributed by atoms with Gasteiger partial charge in [0.15, 0.2) is 0 Å². The van der Waals surface area contributed by atoms with E-state index in [0.29, 0.717) is 6.04 Å². The number of aryl methyl sites for hydroxylation is 1. The van der Waals surface area contributed by atoms with Crippen molar-refractivity contribution in [3.63, 3.8) is 0 Å². The third kappa shape index (κ3) is 3.95. The molecule has 0 aromatic heterocycles. The van der Waals surface area contributed by atoms with Gasteiger partial charge in [-0.2, -0.15) is 0 Å². The largest absolute Gasteiger partial charge is 0.487 e. The molecule has 0 saturated carbocycles. The van der Waals surface area contributed by atoms with Gasteiger partial charge in [-0.25, -0.2) is 0 Å². The smallest absolute Gasteiger partial charge is 0.124 e. The summed E-state index contributed by atoms with van der Waals surface area (Å²) in [6.07, 6.45) is 5.90. The third-order valence-electron chi connectivity index (χ3n) is 7.32. The Morgan fingerprint density at radius 3 is 2.60 bits per heavy atom. The Morgan fingerprint density at radius 1 is 1.03 bits per heavy atom. The fraction of sp³-hybridized carbons (Fsp3) is 0.538. The van der Waals surface area contributed by atoms with E-state index in [1.807, 2.05) is 0 Å². The van der Waals surface area contributed by atoms with Crippen LogP contribution in [0.1, 0.15) is 54.8 Å². The molecule has 1 unspecified atom stereocenters. The maximum absolute atomic E-state index is 6.64. The molecule has 2 aromatic rings. The number of anilines is 1. The molecule has 0 radical (unpaired) electrons. The van der Waals surface area contributed by atoms with E-state index < -0.39 is 0 Å². The van der Waals surface area contributed by atoms with Gasteiger partial charge >= 0.3 is 0 Å². The predicted octanol–water partition coefficient (Wildman–Crippen LogP) is 4.67. The van der Waals surface area contributed by atoms with Crippen LogP contribution in [-0.4, -0.2) is 43.7 Å². The molecule has 1 atom stereocenters. The number of para-hydroxylation sites is 1. The first-order valence-corrected chi connectivity index (χ1v) is 11.7. The number of rotatable bonds is 4. The lowest BCUT2D eigenvalue weighted by molar-refractivity contribution is -0.0204. The normalized spacial score (nSPS) is 23.4. The zero-order valence-electron chi connectivity index (χ0n) is 18.5. The average molecular weight is 406 g/mol. The van der Waals surface area contributed by atoms with Gasteiger partial charge in [0.1, 0.15) is 11.4 Å². The van der Waals surface area contributed by atoms with Crippen LogP contribution in [0.5, 0.6) is 5.75 Å². The molecule has 3 heterocycles. The SMILES string of the molecule is Cc1ccc(CNC2CC3(CCN(C)CC3)Oc3ccccc32)c(N2CCCC2)c1. The molecule has 4 nitrogen and oxygen atoms in total. The number of nitrogens with one attached hydrogen (secondary N) is 1. The first-order valence-electron chi connectivity index (χ1n) is 11.7. The molecule has 160 valence electrons.